The van der Waals surface area contributed by atoms with Gasteiger partial charge in [0.25, 0.3) is 5.91 Å². The maximum absolute atomic E-state index is 13.2. The second-order valence-corrected chi connectivity index (χ2v) is 5.98. The van der Waals surface area contributed by atoms with Gasteiger partial charge in [-0.3, -0.25) is 4.79 Å². The zero-order valence-electron chi connectivity index (χ0n) is 10.5. The van der Waals surface area contributed by atoms with Crippen LogP contribution < -0.4 is 11.1 Å². The molecule has 2 rings (SSSR count). The van der Waals surface area contributed by atoms with Crippen LogP contribution in [0.3, 0.4) is 0 Å². The molecule has 0 atom stereocenters. The van der Waals surface area contributed by atoms with E-state index < -0.39 is 11.7 Å². The topological polar surface area (TPSA) is 55.1 Å². The number of hydrogen-bond donors (Lipinski definition) is 2. The minimum atomic E-state index is -0.471. The fourth-order valence-corrected chi connectivity index (χ4v) is 2.63. The summed E-state index contributed by atoms with van der Waals surface area (Å²) in [5.41, 5.74) is 8.05. The Labute approximate surface area is 132 Å². The third-order valence-electron chi connectivity index (χ3n) is 2.78. The summed E-state index contributed by atoms with van der Waals surface area (Å²) >= 11 is 6.58. The first-order valence-electron chi connectivity index (χ1n) is 5.70. The number of aryl methyl sites for hydroxylation is 1. The molecule has 0 spiro atoms. The van der Waals surface area contributed by atoms with Crippen LogP contribution in [0.4, 0.5) is 15.8 Å². The number of hydrogen-bond acceptors (Lipinski definition) is 2. The molecule has 0 saturated carbocycles. The molecule has 0 heterocycles. The second-order valence-electron chi connectivity index (χ2n) is 4.27. The minimum Gasteiger partial charge on any atom is -0.398 e. The molecule has 1 amide bonds. The predicted octanol–water partition coefficient (Wildman–Crippen LogP) is 4.49. The van der Waals surface area contributed by atoms with Crippen LogP contribution in [-0.4, -0.2) is 5.91 Å². The Hall–Kier alpha value is -1.40. The summed E-state index contributed by atoms with van der Waals surface area (Å²) in [6.45, 7) is 1.87. The van der Waals surface area contributed by atoms with Gasteiger partial charge < -0.3 is 11.1 Å². The van der Waals surface area contributed by atoms with E-state index in [0.717, 1.165) is 5.56 Å². The van der Waals surface area contributed by atoms with Crippen molar-refractivity contribution in [1.82, 2.24) is 0 Å². The third-order valence-corrected chi connectivity index (χ3v) is 4.12. The summed E-state index contributed by atoms with van der Waals surface area (Å²) < 4.78 is 14.4. The summed E-state index contributed by atoms with van der Waals surface area (Å²) in [6.07, 6.45) is 0. The molecule has 0 unspecified atom stereocenters. The summed E-state index contributed by atoms with van der Waals surface area (Å²) in [4.78, 5) is 12.2. The smallest absolute Gasteiger partial charge is 0.256 e. The molecule has 3 N–H and O–H groups in total. The van der Waals surface area contributed by atoms with Crippen LogP contribution in [0.25, 0.3) is 0 Å². The van der Waals surface area contributed by atoms with Crippen LogP contribution >= 0.6 is 31.9 Å². The van der Waals surface area contributed by atoms with Gasteiger partial charge in [0.05, 0.1) is 11.3 Å². The SMILES string of the molecule is Cc1cc(Br)c(NC(=O)c2cc(F)ccc2Br)cc1N. The standard InChI is InChI=1S/C14H11Br2FN2O/c1-7-4-11(16)13(6-12(7)18)19-14(20)9-5-8(17)2-3-10(9)15/h2-6H,18H2,1H3,(H,19,20). The number of halogens is 3. The lowest BCUT2D eigenvalue weighted by Gasteiger charge is -2.11. The summed E-state index contributed by atoms with van der Waals surface area (Å²) in [7, 11) is 0. The maximum atomic E-state index is 13.2. The van der Waals surface area contributed by atoms with E-state index in [1.165, 1.54) is 18.2 Å². The zero-order chi connectivity index (χ0) is 14.9. The molecule has 0 aliphatic heterocycles. The molecule has 0 aliphatic carbocycles. The lowest BCUT2D eigenvalue weighted by atomic mass is 10.1. The van der Waals surface area contributed by atoms with E-state index in [4.69, 9.17) is 5.73 Å². The van der Waals surface area contributed by atoms with Crippen molar-refractivity contribution in [3.63, 3.8) is 0 Å². The highest BCUT2D eigenvalue weighted by Crippen LogP contribution is 2.29. The maximum Gasteiger partial charge on any atom is 0.256 e. The molecular weight excluding hydrogens is 391 g/mol. The molecule has 3 nitrogen and oxygen atoms in total. The number of anilines is 2. The summed E-state index contributed by atoms with van der Waals surface area (Å²) in [6, 6.07) is 7.41. The number of carbonyl (C=O) groups excluding carboxylic acids is 1. The Morgan fingerprint density at radius 1 is 1.20 bits per heavy atom. The molecular formula is C14H11Br2FN2O. The largest absolute Gasteiger partial charge is 0.398 e. The first-order chi connectivity index (χ1) is 9.38. The minimum absolute atomic E-state index is 0.219. The fourth-order valence-electron chi connectivity index (χ4n) is 1.65. The van der Waals surface area contributed by atoms with E-state index in [0.29, 0.717) is 20.3 Å². The normalized spacial score (nSPS) is 10.4. The number of amides is 1. The van der Waals surface area contributed by atoms with Crippen LogP contribution in [0.1, 0.15) is 15.9 Å². The Morgan fingerprint density at radius 3 is 2.60 bits per heavy atom. The molecule has 6 heteroatoms. The Bertz CT molecular complexity index is 689. The lowest BCUT2D eigenvalue weighted by molar-refractivity contribution is 0.102. The van der Waals surface area contributed by atoms with Crippen molar-refractivity contribution in [1.29, 1.82) is 0 Å². The number of nitrogen functional groups attached to an aromatic ring is 1. The Morgan fingerprint density at radius 2 is 1.90 bits per heavy atom. The highest BCUT2D eigenvalue weighted by molar-refractivity contribution is 9.11. The quantitative estimate of drug-likeness (QED) is 0.728. The van der Waals surface area contributed by atoms with Crippen molar-refractivity contribution in [2.75, 3.05) is 11.1 Å². The van der Waals surface area contributed by atoms with Crippen LogP contribution in [0.2, 0.25) is 0 Å². The highest BCUT2D eigenvalue weighted by atomic mass is 79.9. The van der Waals surface area contributed by atoms with Crippen molar-refractivity contribution in [2.24, 2.45) is 0 Å². The van der Waals surface area contributed by atoms with E-state index in [2.05, 4.69) is 37.2 Å². The van der Waals surface area contributed by atoms with Gasteiger partial charge in [0.15, 0.2) is 0 Å². The van der Waals surface area contributed by atoms with E-state index in [-0.39, 0.29) is 5.56 Å². The third kappa shape index (κ3) is 3.19. The number of nitrogens with two attached hydrogens (primary N) is 1. The molecule has 2 aromatic rings. The van der Waals surface area contributed by atoms with E-state index in [1.807, 2.05) is 13.0 Å². The van der Waals surface area contributed by atoms with E-state index >= 15 is 0 Å². The molecule has 0 radical (unpaired) electrons. The van der Waals surface area contributed by atoms with Crippen LogP contribution in [-0.2, 0) is 0 Å². The van der Waals surface area contributed by atoms with Gasteiger partial charge in [-0.05, 0) is 74.7 Å². The van der Waals surface area contributed by atoms with Gasteiger partial charge in [-0.2, -0.15) is 0 Å². The first kappa shape index (κ1) is 15.0. The van der Waals surface area contributed by atoms with Gasteiger partial charge in [0, 0.05) is 14.6 Å². The number of benzene rings is 2. The molecule has 0 saturated heterocycles. The van der Waals surface area contributed by atoms with Gasteiger partial charge in [-0.25, -0.2) is 4.39 Å². The van der Waals surface area contributed by atoms with Crippen molar-refractivity contribution < 1.29 is 9.18 Å². The predicted molar refractivity (Wildman–Crippen MR) is 85.3 cm³/mol. The number of nitrogens with one attached hydrogen (secondary N) is 1. The molecule has 0 fully saturated rings. The highest BCUT2D eigenvalue weighted by Gasteiger charge is 2.13. The van der Waals surface area contributed by atoms with Crippen molar-refractivity contribution >= 4 is 49.1 Å². The molecule has 20 heavy (non-hydrogen) atoms. The van der Waals surface area contributed by atoms with Crippen molar-refractivity contribution in [3.8, 4) is 0 Å². The Balaban J connectivity index is 2.32. The van der Waals surface area contributed by atoms with Crippen LogP contribution in [0.15, 0.2) is 39.3 Å². The molecule has 0 aliphatic rings. The van der Waals surface area contributed by atoms with Crippen molar-refractivity contribution in [2.45, 2.75) is 6.92 Å². The van der Waals surface area contributed by atoms with Gasteiger partial charge in [-0.15, -0.1) is 0 Å². The van der Waals surface area contributed by atoms with Crippen LogP contribution in [0.5, 0.6) is 0 Å². The van der Waals surface area contributed by atoms with Crippen LogP contribution in [0, 0.1) is 12.7 Å². The molecule has 2 aromatic carbocycles. The van der Waals surface area contributed by atoms with Gasteiger partial charge >= 0.3 is 0 Å². The first-order valence-corrected chi connectivity index (χ1v) is 7.29. The van der Waals surface area contributed by atoms with Gasteiger partial charge in [-0.1, -0.05) is 0 Å². The molecule has 104 valence electrons. The number of rotatable bonds is 2. The second kappa shape index (κ2) is 5.93. The van der Waals surface area contributed by atoms with Gasteiger partial charge in [0.2, 0.25) is 0 Å². The van der Waals surface area contributed by atoms with E-state index in [1.54, 1.807) is 6.07 Å². The Kier molecular flexibility index (Phi) is 4.45. The van der Waals surface area contributed by atoms with Crippen molar-refractivity contribution in [3.05, 3.63) is 56.2 Å². The summed E-state index contributed by atoms with van der Waals surface area (Å²) in [5, 5.41) is 2.70. The fraction of sp³-hybridized carbons (Fsp3) is 0.0714. The van der Waals surface area contributed by atoms with E-state index in [9.17, 15) is 9.18 Å². The lowest BCUT2D eigenvalue weighted by Crippen LogP contribution is -2.13. The molecule has 0 bridgehead atoms. The average Bonchev–Trinajstić information content (AvgIpc) is 2.38. The number of carbonyl (C=O) groups is 1. The monoisotopic (exact) mass is 400 g/mol. The zero-order valence-corrected chi connectivity index (χ0v) is 13.7. The summed E-state index contributed by atoms with van der Waals surface area (Å²) in [5.74, 6) is -0.888. The molecule has 0 aromatic heterocycles. The van der Waals surface area contributed by atoms with Gasteiger partial charge in [0.1, 0.15) is 5.82 Å². The average molecular weight is 402 g/mol.